The average Bonchev–Trinajstić information content (AvgIpc) is 2.85. The second-order valence-corrected chi connectivity index (χ2v) is 8.16. The molecule has 5 nitrogen and oxygen atoms in total. The maximum atomic E-state index is 12.2. The number of aromatic hydroxyl groups is 1. The van der Waals surface area contributed by atoms with Crippen molar-refractivity contribution in [2.45, 2.75) is 17.2 Å². The van der Waals surface area contributed by atoms with Gasteiger partial charge >= 0.3 is 0 Å². The van der Waals surface area contributed by atoms with Gasteiger partial charge in [-0.25, -0.2) is 0 Å². The Labute approximate surface area is 190 Å². The van der Waals surface area contributed by atoms with Crippen molar-refractivity contribution < 1.29 is 14.3 Å². The summed E-state index contributed by atoms with van der Waals surface area (Å²) in [5, 5.41) is 13.4. The second kappa shape index (κ2) is 10.1. The average molecular weight is 446 g/mol. The van der Waals surface area contributed by atoms with E-state index < -0.39 is 5.43 Å². The summed E-state index contributed by atoms with van der Waals surface area (Å²) in [6.45, 7) is 0.201. The zero-order valence-electron chi connectivity index (χ0n) is 17.6. The molecule has 4 rings (SSSR count). The first-order valence-electron chi connectivity index (χ1n) is 10.1. The van der Waals surface area contributed by atoms with Crippen LogP contribution >= 0.6 is 11.8 Å². The summed E-state index contributed by atoms with van der Waals surface area (Å²) in [6.07, 6.45) is 0. The van der Waals surface area contributed by atoms with Gasteiger partial charge in [-0.1, -0.05) is 42.5 Å². The smallest absolute Gasteiger partial charge is 0.227 e. The Morgan fingerprint density at radius 1 is 0.938 bits per heavy atom. The first-order valence-corrected chi connectivity index (χ1v) is 11.1. The van der Waals surface area contributed by atoms with Crippen molar-refractivity contribution in [3.05, 3.63) is 107 Å². The van der Waals surface area contributed by atoms with Gasteiger partial charge in [-0.2, -0.15) is 0 Å². The minimum atomic E-state index is -0.438. The highest BCUT2D eigenvalue weighted by atomic mass is 32.2. The van der Waals surface area contributed by atoms with Crippen molar-refractivity contribution in [1.29, 1.82) is 0 Å². The molecule has 0 aliphatic rings. The molecular weight excluding hydrogens is 422 g/mol. The van der Waals surface area contributed by atoms with Crippen molar-refractivity contribution in [2.75, 3.05) is 12.4 Å². The molecule has 162 valence electrons. The van der Waals surface area contributed by atoms with E-state index in [1.165, 1.54) is 6.07 Å². The minimum absolute atomic E-state index is 0.201. The number of thioether (sulfide) groups is 1. The summed E-state index contributed by atoms with van der Waals surface area (Å²) in [4.78, 5) is 13.3. The van der Waals surface area contributed by atoms with Gasteiger partial charge in [0.2, 0.25) is 11.2 Å². The molecule has 1 aromatic heterocycles. The molecule has 0 aliphatic heterocycles. The second-order valence-electron chi connectivity index (χ2n) is 7.11. The Morgan fingerprint density at radius 2 is 1.59 bits per heavy atom. The van der Waals surface area contributed by atoms with Gasteiger partial charge in [0.15, 0.2) is 5.76 Å². The van der Waals surface area contributed by atoms with E-state index in [1.807, 2.05) is 78.9 Å². The highest BCUT2D eigenvalue weighted by Gasteiger charge is 2.12. The van der Waals surface area contributed by atoms with Crippen LogP contribution in [-0.4, -0.2) is 12.2 Å². The summed E-state index contributed by atoms with van der Waals surface area (Å²) in [6, 6.07) is 27.0. The van der Waals surface area contributed by atoms with Crippen molar-refractivity contribution >= 4 is 17.4 Å². The third-order valence-electron chi connectivity index (χ3n) is 4.93. The highest BCUT2D eigenvalue weighted by molar-refractivity contribution is 7.98. The molecule has 0 saturated heterocycles. The van der Waals surface area contributed by atoms with Gasteiger partial charge in [-0.15, -0.1) is 11.8 Å². The molecule has 0 fully saturated rings. The highest BCUT2D eigenvalue weighted by Crippen LogP contribution is 2.26. The molecule has 1 heterocycles. The lowest BCUT2D eigenvalue weighted by Gasteiger charge is -2.10. The number of rotatable bonds is 8. The van der Waals surface area contributed by atoms with Crippen LogP contribution in [0.15, 0.2) is 99.0 Å². The summed E-state index contributed by atoms with van der Waals surface area (Å²) in [7, 11) is 1.65. The maximum Gasteiger partial charge on any atom is 0.227 e. The predicted octanol–water partition coefficient (Wildman–Crippen LogP) is 5.93. The fourth-order valence-electron chi connectivity index (χ4n) is 3.20. The topological polar surface area (TPSA) is 71.7 Å². The van der Waals surface area contributed by atoms with Gasteiger partial charge in [-0.05, 0) is 47.5 Å². The third kappa shape index (κ3) is 5.34. The van der Waals surface area contributed by atoms with Crippen molar-refractivity contribution in [3.63, 3.8) is 0 Å². The van der Waals surface area contributed by atoms with Crippen LogP contribution < -0.4 is 15.5 Å². The molecule has 0 unspecified atom stereocenters. The lowest BCUT2D eigenvalue weighted by Crippen LogP contribution is -2.08. The minimum Gasteiger partial charge on any atom is -0.502 e. The zero-order chi connectivity index (χ0) is 22.3. The monoisotopic (exact) mass is 445 g/mol. The summed E-state index contributed by atoms with van der Waals surface area (Å²) in [5.41, 5.74) is 2.58. The number of benzene rings is 3. The SMILES string of the molecule is COc1ccc(-c2ccc(NCc3oc(CSc4ccccc4)cc(=O)c3O)cc2)cc1. The number of anilines is 1. The standard InChI is InChI=1S/C26H23NO4S/c1-30-21-13-9-19(10-14-21)18-7-11-20(12-8-18)27-16-25-26(29)24(28)15-22(31-25)17-32-23-5-3-2-4-6-23/h2-15,27,29H,16-17H2,1H3. The quantitative estimate of drug-likeness (QED) is 0.328. The molecule has 0 spiro atoms. The molecule has 0 amide bonds. The molecule has 6 heteroatoms. The summed E-state index contributed by atoms with van der Waals surface area (Å²) < 4.78 is 11.0. The molecule has 0 atom stereocenters. The molecular formula is C26H23NO4S. The van der Waals surface area contributed by atoms with Gasteiger partial charge in [-0.3, -0.25) is 4.79 Å². The third-order valence-corrected chi connectivity index (χ3v) is 5.96. The fraction of sp³-hybridized carbons (Fsp3) is 0.115. The van der Waals surface area contributed by atoms with Gasteiger partial charge in [0.1, 0.15) is 11.5 Å². The number of hydrogen-bond acceptors (Lipinski definition) is 6. The normalized spacial score (nSPS) is 10.7. The van der Waals surface area contributed by atoms with Crippen LogP contribution in [0.1, 0.15) is 11.5 Å². The van der Waals surface area contributed by atoms with Crippen LogP contribution in [-0.2, 0) is 12.3 Å². The maximum absolute atomic E-state index is 12.2. The van der Waals surface area contributed by atoms with Crippen LogP contribution in [0.25, 0.3) is 11.1 Å². The first kappa shape index (κ1) is 21.6. The molecule has 0 saturated carbocycles. The van der Waals surface area contributed by atoms with Crippen LogP contribution in [0.5, 0.6) is 11.5 Å². The van der Waals surface area contributed by atoms with Crippen molar-refractivity contribution in [2.24, 2.45) is 0 Å². The molecule has 2 N–H and O–H groups in total. The Balaban J connectivity index is 1.42. The van der Waals surface area contributed by atoms with Crippen LogP contribution in [0, 0.1) is 0 Å². The van der Waals surface area contributed by atoms with E-state index in [9.17, 15) is 9.90 Å². The molecule has 3 aromatic carbocycles. The van der Waals surface area contributed by atoms with Gasteiger partial charge in [0.25, 0.3) is 0 Å². The van der Waals surface area contributed by atoms with Crippen LogP contribution in [0.4, 0.5) is 5.69 Å². The van der Waals surface area contributed by atoms with Crippen LogP contribution in [0.3, 0.4) is 0 Å². The van der Waals surface area contributed by atoms with E-state index in [-0.39, 0.29) is 18.1 Å². The Bertz CT molecular complexity index is 1220. The Hall–Kier alpha value is -3.64. The Morgan fingerprint density at radius 3 is 2.25 bits per heavy atom. The molecule has 4 aromatic rings. The summed E-state index contributed by atoms with van der Waals surface area (Å²) >= 11 is 1.57. The molecule has 0 aliphatic carbocycles. The van der Waals surface area contributed by atoms with Gasteiger partial charge < -0.3 is 19.6 Å². The summed E-state index contributed by atoms with van der Waals surface area (Å²) in [5.74, 6) is 1.70. The van der Waals surface area contributed by atoms with E-state index >= 15 is 0 Å². The first-order chi connectivity index (χ1) is 15.6. The number of nitrogens with one attached hydrogen (secondary N) is 1. The zero-order valence-corrected chi connectivity index (χ0v) is 18.4. The van der Waals surface area contributed by atoms with Crippen molar-refractivity contribution in [1.82, 2.24) is 0 Å². The van der Waals surface area contributed by atoms with E-state index in [1.54, 1.807) is 18.9 Å². The number of hydrogen-bond donors (Lipinski definition) is 2. The molecule has 0 radical (unpaired) electrons. The lowest BCUT2D eigenvalue weighted by atomic mass is 10.1. The van der Waals surface area contributed by atoms with Gasteiger partial charge in [0.05, 0.1) is 19.4 Å². The Kier molecular flexibility index (Phi) is 6.82. The van der Waals surface area contributed by atoms with Gasteiger partial charge in [0, 0.05) is 16.6 Å². The van der Waals surface area contributed by atoms with E-state index in [0.29, 0.717) is 11.5 Å². The molecule has 0 bridgehead atoms. The van der Waals surface area contributed by atoms with E-state index in [2.05, 4.69) is 5.32 Å². The fourth-order valence-corrected chi connectivity index (χ4v) is 4.00. The molecule has 32 heavy (non-hydrogen) atoms. The van der Waals surface area contributed by atoms with Crippen LogP contribution in [0.2, 0.25) is 0 Å². The number of ether oxygens (including phenoxy) is 1. The lowest BCUT2D eigenvalue weighted by molar-refractivity contribution is 0.391. The number of methoxy groups -OCH3 is 1. The van der Waals surface area contributed by atoms with E-state index in [4.69, 9.17) is 9.15 Å². The largest absolute Gasteiger partial charge is 0.502 e. The predicted molar refractivity (Wildman–Crippen MR) is 128 cm³/mol. The van der Waals surface area contributed by atoms with Crippen molar-refractivity contribution in [3.8, 4) is 22.6 Å². The van der Waals surface area contributed by atoms with E-state index in [0.717, 1.165) is 27.5 Å².